The largest absolute Gasteiger partial charge is 0.397 e. The van der Waals surface area contributed by atoms with Crippen molar-refractivity contribution in [3.05, 3.63) is 16.2 Å². The molecule has 0 spiro atoms. The van der Waals surface area contributed by atoms with Crippen molar-refractivity contribution in [3.63, 3.8) is 0 Å². The van der Waals surface area contributed by atoms with E-state index in [4.69, 9.17) is 10.5 Å². The van der Waals surface area contributed by atoms with E-state index in [0.29, 0.717) is 5.92 Å². The van der Waals surface area contributed by atoms with Gasteiger partial charge in [-0.25, -0.2) is 4.98 Å². The number of nitrogens with zero attached hydrogens (tertiary/aromatic N) is 2. The molecular formula is C13H20BrN3O. The maximum Gasteiger partial charge on any atom is 0.143 e. The molecule has 1 aliphatic rings. The first kappa shape index (κ1) is 13.6. The molecule has 1 saturated heterocycles. The van der Waals surface area contributed by atoms with Gasteiger partial charge in [0, 0.05) is 26.8 Å². The van der Waals surface area contributed by atoms with Crippen LogP contribution in [-0.4, -0.2) is 31.8 Å². The molecule has 0 aliphatic carbocycles. The maximum absolute atomic E-state index is 5.85. The van der Waals surface area contributed by atoms with Gasteiger partial charge in [0.1, 0.15) is 5.82 Å². The van der Waals surface area contributed by atoms with Crippen molar-refractivity contribution in [2.24, 2.45) is 5.92 Å². The zero-order valence-corrected chi connectivity index (χ0v) is 12.5. The van der Waals surface area contributed by atoms with E-state index in [0.717, 1.165) is 54.1 Å². The van der Waals surface area contributed by atoms with Crippen molar-refractivity contribution in [2.45, 2.75) is 19.8 Å². The van der Waals surface area contributed by atoms with Crippen LogP contribution in [0.25, 0.3) is 0 Å². The summed E-state index contributed by atoms with van der Waals surface area (Å²) in [6, 6.07) is 0. The second kappa shape index (κ2) is 5.89. The minimum atomic E-state index is 0.690. The van der Waals surface area contributed by atoms with E-state index in [-0.39, 0.29) is 0 Å². The normalized spacial score (nSPS) is 16.8. The summed E-state index contributed by atoms with van der Waals surface area (Å²) in [4.78, 5) is 6.63. The van der Waals surface area contributed by atoms with Crippen LogP contribution in [0.15, 0.2) is 10.7 Å². The molecule has 0 unspecified atom stereocenters. The van der Waals surface area contributed by atoms with Crippen LogP contribution in [0.4, 0.5) is 11.5 Å². The predicted octanol–water partition coefficient (Wildman–Crippen LogP) is 2.60. The first-order chi connectivity index (χ1) is 8.59. The van der Waals surface area contributed by atoms with Crippen molar-refractivity contribution in [1.82, 2.24) is 4.98 Å². The van der Waals surface area contributed by atoms with Gasteiger partial charge in [0.05, 0.1) is 16.4 Å². The molecule has 0 amide bonds. The highest BCUT2D eigenvalue weighted by atomic mass is 79.9. The molecular weight excluding hydrogens is 294 g/mol. The van der Waals surface area contributed by atoms with Gasteiger partial charge >= 0.3 is 0 Å². The summed E-state index contributed by atoms with van der Waals surface area (Å²) in [6.07, 6.45) is 4.00. The van der Waals surface area contributed by atoms with Crippen LogP contribution in [0.5, 0.6) is 0 Å². The monoisotopic (exact) mass is 313 g/mol. The number of hydrogen-bond donors (Lipinski definition) is 1. The predicted molar refractivity (Wildman–Crippen MR) is 77.9 cm³/mol. The number of ether oxygens (including phenoxy) is 1. The molecule has 100 valence electrons. The number of halogens is 1. The zero-order chi connectivity index (χ0) is 13.1. The van der Waals surface area contributed by atoms with Gasteiger partial charge in [-0.05, 0) is 47.2 Å². The Kier molecular flexibility index (Phi) is 4.45. The Bertz CT molecular complexity index is 419. The number of nitrogen functional groups attached to an aromatic ring is 1. The minimum absolute atomic E-state index is 0.690. The van der Waals surface area contributed by atoms with Gasteiger partial charge in [0.2, 0.25) is 0 Å². The molecule has 0 bridgehead atoms. The van der Waals surface area contributed by atoms with E-state index in [1.807, 2.05) is 6.92 Å². The van der Waals surface area contributed by atoms with E-state index in [2.05, 4.69) is 32.9 Å². The van der Waals surface area contributed by atoms with Gasteiger partial charge in [-0.1, -0.05) is 0 Å². The van der Waals surface area contributed by atoms with Crippen LogP contribution in [0.1, 0.15) is 18.4 Å². The van der Waals surface area contributed by atoms with Crippen molar-refractivity contribution < 1.29 is 4.74 Å². The molecule has 1 aromatic heterocycles. The second-order valence-electron chi connectivity index (χ2n) is 4.91. The Morgan fingerprint density at radius 3 is 2.83 bits per heavy atom. The lowest BCUT2D eigenvalue weighted by atomic mass is 10.00. The lowest BCUT2D eigenvalue weighted by Crippen LogP contribution is -2.30. The smallest absolute Gasteiger partial charge is 0.143 e. The molecule has 0 saturated carbocycles. The topological polar surface area (TPSA) is 51.4 Å². The second-order valence-corrected chi connectivity index (χ2v) is 5.71. The first-order valence-corrected chi connectivity index (χ1v) is 7.08. The standard InChI is InChI=1S/C13H20BrN3O/c1-9-11(15)7-16-13(12(9)14)17(2)8-10-3-5-18-6-4-10/h7,10H,3-6,8,15H2,1-2H3. The SMILES string of the molecule is Cc1c(N)cnc(N(C)CC2CCOCC2)c1Br. The number of hydrogen-bond acceptors (Lipinski definition) is 4. The highest BCUT2D eigenvalue weighted by molar-refractivity contribution is 9.10. The molecule has 0 radical (unpaired) electrons. The number of aromatic nitrogens is 1. The minimum Gasteiger partial charge on any atom is -0.397 e. The average molecular weight is 314 g/mol. The van der Waals surface area contributed by atoms with Gasteiger partial charge in [0.15, 0.2) is 0 Å². The Hall–Kier alpha value is -0.810. The van der Waals surface area contributed by atoms with E-state index in [9.17, 15) is 0 Å². The quantitative estimate of drug-likeness (QED) is 0.932. The summed E-state index contributed by atoms with van der Waals surface area (Å²) in [7, 11) is 2.08. The summed E-state index contributed by atoms with van der Waals surface area (Å²) in [5.74, 6) is 1.66. The lowest BCUT2D eigenvalue weighted by molar-refractivity contribution is 0.0685. The third-order valence-corrected chi connectivity index (χ3v) is 4.47. The molecule has 1 aliphatic heterocycles. The molecule has 2 N–H and O–H groups in total. The fraction of sp³-hybridized carbons (Fsp3) is 0.615. The summed E-state index contributed by atoms with van der Waals surface area (Å²) in [5.41, 5.74) is 7.63. The number of pyridine rings is 1. The highest BCUT2D eigenvalue weighted by Crippen LogP contribution is 2.30. The summed E-state index contributed by atoms with van der Waals surface area (Å²) in [6.45, 7) is 4.78. The van der Waals surface area contributed by atoms with Crippen molar-refractivity contribution in [3.8, 4) is 0 Å². The third kappa shape index (κ3) is 2.95. The molecule has 0 atom stereocenters. The lowest BCUT2D eigenvalue weighted by Gasteiger charge is -2.28. The Morgan fingerprint density at radius 1 is 1.50 bits per heavy atom. The zero-order valence-electron chi connectivity index (χ0n) is 10.9. The Balaban J connectivity index is 2.08. The fourth-order valence-corrected chi connectivity index (χ4v) is 2.88. The number of rotatable bonds is 3. The molecule has 2 heterocycles. The molecule has 18 heavy (non-hydrogen) atoms. The third-order valence-electron chi connectivity index (χ3n) is 3.52. The Labute approximate surface area is 117 Å². The fourth-order valence-electron chi connectivity index (χ4n) is 2.25. The van der Waals surface area contributed by atoms with Gasteiger partial charge in [-0.15, -0.1) is 0 Å². The molecule has 5 heteroatoms. The van der Waals surface area contributed by atoms with Crippen LogP contribution in [0, 0.1) is 12.8 Å². The van der Waals surface area contributed by atoms with E-state index < -0.39 is 0 Å². The molecule has 0 aromatic carbocycles. The summed E-state index contributed by atoms with van der Waals surface area (Å²) < 4.78 is 6.38. The van der Waals surface area contributed by atoms with E-state index in [1.54, 1.807) is 6.20 Å². The van der Waals surface area contributed by atoms with Gasteiger partial charge < -0.3 is 15.4 Å². The average Bonchev–Trinajstić information content (AvgIpc) is 2.37. The van der Waals surface area contributed by atoms with E-state index in [1.165, 1.54) is 0 Å². The van der Waals surface area contributed by atoms with Crippen LogP contribution >= 0.6 is 15.9 Å². The van der Waals surface area contributed by atoms with Crippen LogP contribution in [0.2, 0.25) is 0 Å². The van der Waals surface area contributed by atoms with E-state index >= 15 is 0 Å². The highest BCUT2D eigenvalue weighted by Gasteiger charge is 2.18. The molecule has 2 rings (SSSR count). The van der Waals surface area contributed by atoms with Crippen molar-refractivity contribution in [2.75, 3.05) is 37.4 Å². The number of nitrogens with two attached hydrogens (primary N) is 1. The summed E-state index contributed by atoms with van der Waals surface area (Å²) in [5, 5.41) is 0. The van der Waals surface area contributed by atoms with Gasteiger partial charge in [0.25, 0.3) is 0 Å². The number of anilines is 2. The molecule has 4 nitrogen and oxygen atoms in total. The van der Waals surface area contributed by atoms with Crippen LogP contribution < -0.4 is 10.6 Å². The van der Waals surface area contributed by atoms with Gasteiger partial charge in [-0.2, -0.15) is 0 Å². The maximum atomic E-state index is 5.85. The summed E-state index contributed by atoms with van der Waals surface area (Å²) >= 11 is 3.59. The molecule has 1 fully saturated rings. The Morgan fingerprint density at radius 2 is 2.17 bits per heavy atom. The first-order valence-electron chi connectivity index (χ1n) is 6.29. The van der Waals surface area contributed by atoms with Crippen LogP contribution in [-0.2, 0) is 4.74 Å². The molecule has 1 aromatic rings. The van der Waals surface area contributed by atoms with Gasteiger partial charge in [-0.3, -0.25) is 0 Å². The van der Waals surface area contributed by atoms with Crippen molar-refractivity contribution in [1.29, 1.82) is 0 Å². The van der Waals surface area contributed by atoms with Crippen LogP contribution in [0.3, 0.4) is 0 Å². The van der Waals surface area contributed by atoms with Crippen molar-refractivity contribution >= 4 is 27.4 Å².